The van der Waals surface area contributed by atoms with Crippen molar-refractivity contribution in [3.63, 3.8) is 0 Å². The summed E-state index contributed by atoms with van der Waals surface area (Å²) >= 11 is 0. The SMILES string of the molecule is C1=CC2CC1CC2C1CCCCC1C1CC2C=CC1C2. The molecule has 0 N–H and O–H groups in total. The lowest BCUT2D eigenvalue weighted by Crippen LogP contribution is -2.35. The van der Waals surface area contributed by atoms with Crippen molar-refractivity contribution in [2.24, 2.45) is 47.3 Å². The van der Waals surface area contributed by atoms with E-state index in [0.29, 0.717) is 0 Å². The van der Waals surface area contributed by atoms with Gasteiger partial charge in [-0.1, -0.05) is 37.1 Å². The molecule has 0 saturated heterocycles. The zero-order valence-corrected chi connectivity index (χ0v) is 12.6. The van der Waals surface area contributed by atoms with Gasteiger partial charge in [-0.15, -0.1) is 0 Å². The predicted molar refractivity (Wildman–Crippen MR) is 83.1 cm³/mol. The minimum absolute atomic E-state index is 0.965. The summed E-state index contributed by atoms with van der Waals surface area (Å²) in [6.45, 7) is 0. The molecule has 3 fully saturated rings. The third-order valence-electron chi connectivity index (χ3n) is 7.64. The minimum Gasteiger partial charge on any atom is -0.0851 e. The second kappa shape index (κ2) is 4.49. The highest BCUT2D eigenvalue weighted by molar-refractivity contribution is 5.14. The predicted octanol–water partition coefficient (Wildman–Crippen LogP) is 5.22. The zero-order valence-electron chi connectivity index (χ0n) is 12.6. The van der Waals surface area contributed by atoms with Crippen molar-refractivity contribution in [2.45, 2.75) is 51.4 Å². The number of fused-ring (bicyclic) bond motifs is 4. The van der Waals surface area contributed by atoms with Crippen LogP contribution in [0.5, 0.6) is 0 Å². The molecule has 0 spiro atoms. The number of rotatable bonds is 2. The molecule has 20 heavy (non-hydrogen) atoms. The van der Waals surface area contributed by atoms with Crippen LogP contribution in [0.3, 0.4) is 0 Å². The van der Waals surface area contributed by atoms with E-state index in [9.17, 15) is 0 Å². The van der Waals surface area contributed by atoms with Gasteiger partial charge in [-0.25, -0.2) is 0 Å². The van der Waals surface area contributed by atoms with Gasteiger partial charge in [0, 0.05) is 0 Å². The Bertz CT molecular complexity index is 403. The first-order valence-electron chi connectivity index (χ1n) is 9.25. The van der Waals surface area contributed by atoms with E-state index < -0.39 is 0 Å². The van der Waals surface area contributed by atoms with Gasteiger partial charge in [0.1, 0.15) is 0 Å². The lowest BCUT2D eigenvalue weighted by molar-refractivity contribution is 0.0811. The van der Waals surface area contributed by atoms with Gasteiger partial charge in [-0.3, -0.25) is 0 Å². The van der Waals surface area contributed by atoms with Crippen molar-refractivity contribution in [3.05, 3.63) is 24.3 Å². The fourth-order valence-corrected chi connectivity index (χ4v) is 6.88. The first-order valence-corrected chi connectivity index (χ1v) is 9.25. The smallest absolute Gasteiger partial charge is 0.0196 e. The molecule has 0 heterocycles. The van der Waals surface area contributed by atoms with E-state index in [-0.39, 0.29) is 0 Å². The topological polar surface area (TPSA) is 0 Å². The van der Waals surface area contributed by atoms with Crippen molar-refractivity contribution < 1.29 is 0 Å². The molecule has 0 aromatic rings. The highest BCUT2D eigenvalue weighted by Gasteiger charge is 2.48. The maximum atomic E-state index is 2.59. The van der Waals surface area contributed by atoms with Gasteiger partial charge < -0.3 is 0 Å². The lowest BCUT2D eigenvalue weighted by atomic mass is 9.62. The Hall–Kier alpha value is -0.520. The van der Waals surface area contributed by atoms with E-state index in [1.54, 1.807) is 25.7 Å². The molecule has 0 radical (unpaired) electrons. The van der Waals surface area contributed by atoms with Crippen molar-refractivity contribution >= 4 is 0 Å². The molecule has 0 nitrogen and oxygen atoms in total. The number of hydrogen-bond acceptors (Lipinski definition) is 0. The van der Waals surface area contributed by atoms with Crippen molar-refractivity contribution in [1.29, 1.82) is 0 Å². The Morgan fingerprint density at radius 2 is 1.00 bits per heavy atom. The molecular formula is C20H28. The fourth-order valence-electron chi connectivity index (χ4n) is 6.88. The van der Waals surface area contributed by atoms with Crippen LogP contribution in [-0.4, -0.2) is 0 Å². The van der Waals surface area contributed by atoms with Gasteiger partial charge >= 0.3 is 0 Å². The van der Waals surface area contributed by atoms with Crippen LogP contribution >= 0.6 is 0 Å². The fraction of sp³-hybridized carbons (Fsp3) is 0.800. The largest absolute Gasteiger partial charge is 0.0851 e. The van der Waals surface area contributed by atoms with E-state index in [4.69, 9.17) is 0 Å². The molecule has 0 aromatic carbocycles. The second-order valence-electron chi connectivity index (χ2n) is 8.50. The van der Waals surface area contributed by atoms with E-state index in [1.165, 1.54) is 25.7 Å². The Morgan fingerprint density at radius 1 is 0.500 bits per heavy atom. The van der Waals surface area contributed by atoms with E-state index in [0.717, 1.165) is 47.3 Å². The standard InChI is InChI=1S/C20H28/c1-2-4-18(20-12-14-6-8-16(20)10-14)17(3-1)19-11-13-5-7-15(19)9-13/h5-8,13-20H,1-4,9-12H2. The van der Waals surface area contributed by atoms with Gasteiger partial charge in [0.05, 0.1) is 0 Å². The van der Waals surface area contributed by atoms with Gasteiger partial charge in [0.25, 0.3) is 0 Å². The van der Waals surface area contributed by atoms with Gasteiger partial charge in [0.15, 0.2) is 0 Å². The van der Waals surface area contributed by atoms with E-state index in [2.05, 4.69) is 24.3 Å². The summed E-state index contributed by atoms with van der Waals surface area (Å²) in [6, 6.07) is 0. The Kier molecular flexibility index (Phi) is 2.71. The van der Waals surface area contributed by atoms with E-state index in [1.807, 2.05) is 0 Å². The molecule has 0 aliphatic heterocycles. The van der Waals surface area contributed by atoms with Crippen LogP contribution in [0.2, 0.25) is 0 Å². The molecule has 5 rings (SSSR count). The molecular weight excluding hydrogens is 240 g/mol. The maximum absolute atomic E-state index is 2.59. The summed E-state index contributed by atoms with van der Waals surface area (Å²) in [4.78, 5) is 0. The molecule has 3 saturated carbocycles. The second-order valence-corrected chi connectivity index (χ2v) is 8.50. The first-order chi connectivity index (χ1) is 9.88. The summed E-state index contributed by atoms with van der Waals surface area (Å²) in [5.74, 6) is 8.18. The van der Waals surface area contributed by atoms with Gasteiger partial charge in [-0.05, 0) is 85.9 Å². The molecule has 0 amide bonds. The minimum atomic E-state index is 0.965. The quantitative estimate of drug-likeness (QED) is 0.602. The normalized spacial score (nSPS) is 56.0. The summed E-state index contributed by atoms with van der Waals surface area (Å²) in [5.41, 5.74) is 0. The molecule has 5 aliphatic carbocycles. The summed E-state index contributed by atoms with van der Waals surface area (Å²) in [5, 5.41) is 0. The molecule has 4 bridgehead atoms. The monoisotopic (exact) mass is 268 g/mol. The lowest BCUT2D eigenvalue weighted by Gasteiger charge is -2.43. The van der Waals surface area contributed by atoms with Crippen LogP contribution in [0, 0.1) is 47.3 Å². The van der Waals surface area contributed by atoms with Crippen LogP contribution < -0.4 is 0 Å². The zero-order chi connectivity index (χ0) is 13.1. The molecule has 108 valence electrons. The van der Waals surface area contributed by atoms with Crippen LogP contribution in [0.1, 0.15) is 51.4 Å². The molecule has 0 aromatic heterocycles. The van der Waals surface area contributed by atoms with Crippen LogP contribution in [0.15, 0.2) is 24.3 Å². The highest BCUT2D eigenvalue weighted by Crippen LogP contribution is 2.57. The average molecular weight is 268 g/mol. The van der Waals surface area contributed by atoms with Crippen molar-refractivity contribution in [2.75, 3.05) is 0 Å². The third kappa shape index (κ3) is 1.72. The van der Waals surface area contributed by atoms with Crippen LogP contribution in [0.4, 0.5) is 0 Å². The third-order valence-corrected chi connectivity index (χ3v) is 7.64. The summed E-state index contributed by atoms with van der Waals surface area (Å²) in [7, 11) is 0. The molecule has 0 heteroatoms. The van der Waals surface area contributed by atoms with Gasteiger partial charge in [0.2, 0.25) is 0 Å². The first kappa shape index (κ1) is 12.1. The van der Waals surface area contributed by atoms with Crippen LogP contribution in [-0.2, 0) is 0 Å². The maximum Gasteiger partial charge on any atom is -0.0196 e. The molecule has 8 atom stereocenters. The Balaban J connectivity index is 1.39. The number of allylic oxidation sites excluding steroid dienone is 4. The highest BCUT2D eigenvalue weighted by atomic mass is 14.5. The van der Waals surface area contributed by atoms with Crippen molar-refractivity contribution in [3.8, 4) is 0 Å². The van der Waals surface area contributed by atoms with Crippen molar-refractivity contribution in [1.82, 2.24) is 0 Å². The molecule has 8 unspecified atom stereocenters. The van der Waals surface area contributed by atoms with E-state index >= 15 is 0 Å². The van der Waals surface area contributed by atoms with Crippen LogP contribution in [0.25, 0.3) is 0 Å². The molecule has 5 aliphatic rings. The Morgan fingerprint density at radius 3 is 1.35 bits per heavy atom. The van der Waals surface area contributed by atoms with Gasteiger partial charge in [-0.2, -0.15) is 0 Å². The summed E-state index contributed by atoms with van der Waals surface area (Å²) < 4.78 is 0. The number of hydrogen-bond donors (Lipinski definition) is 0. The average Bonchev–Trinajstić information content (AvgIpc) is 3.26. The Labute approximate surface area is 123 Å². The summed E-state index contributed by atoms with van der Waals surface area (Å²) in [6.07, 6.45) is 22.5.